The zero-order chi connectivity index (χ0) is 11.7. The van der Waals surface area contributed by atoms with E-state index in [2.05, 4.69) is 21.0 Å². The summed E-state index contributed by atoms with van der Waals surface area (Å²) in [6.45, 7) is 0. The number of carboxylic acids is 1. The fourth-order valence-corrected chi connectivity index (χ4v) is 1.99. The second-order valence-corrected chi connectivity index (χ2v) is 4.40. The van der Waals surface area contributed by atoms with E-state index in [1.165, 1.54) is 17.1 Å². The maximum Gasteiger partial charge on any atom is 0.338 e. The molecule has 0 aliphatic heterocycles. The number of rotatable bonds is 2. The molecular weight excluding hydrogens is 295 g/mol. The van der Waals surface area contributed by atoms with E-state index in [1.807, 2.05) is 6.07 Å². The minimum Gasteiger partial charge on any atom is -0.478 e. The van der Waals surface area contributed by atoms with Crippen molar-refractivity contribution in [2.75, 3.05) is 0 Å². The van der Waals surface area contributed by atoms with Gasteiger partial charge in [-0.3, -0.25) is 0 Å². The quantitative estimate of drug-likeness (QED) is 0.927. The van der Waals surface area contributed by atoms with Crippen LogP contribution in [0.15, 0.2) is 35.1 Å². The normalized spacial score (nSPS) is 10.4. The van der Waals surface area contributed by atoms with Crippen molar-refractivity contribution in [3.63, 3.8) is 0 Å². The number of benzene rings is 1. The second kappa shape index (κ2) is 4.27. The molecule has 2 rings (SSSR count). The Kier molecular flexibility index (Phi) is 2.98. The molecule has 0 spiro atoms. The lowest BCUT2D eigenvalue weighted by molar-refractivity contribution is 0.0697. The molecule has 16 heavy (non-hydrogen) atoms. The van der Waals surface area contributed by atoms with Crippen LogP contribution in [-0.4, -0.2) is 20.9 Å². The average molecular weight is 302 g/mol. The summed E-state index contributed by atoms with van der Waals surface area (Å²) in [7, 11) is 0. The van der Waals surface area contributed by atoms with Crippen molar-refractivity contribution in [3.05, 3.63) is 45.7 Å². The van der Waals surface area contributed by atoms with Crippen LogP contribution in [0, 0.1) is 0 Å². The fourth-order valence-electron chi connectivity index (χ4n) is 1.23. The average Bonchev–Trinajstić information content (AvgIpc) is 2.66. The van der Waals surface area contributed by atoms with Gasteiger partial charge < -0.3 is 5.11 Å². The van der Waals surface area contributed by atoms with Gasteiger partial charge in [-0.05, 0) is 18.2 Å². The van der Waals surface area contributed by atoms with Gasteiger partial charge in [0.1, 0.15) is 0 Å². The second-order valence-electron chi connectivity index (χ2n) is 3.07. The highest BCUT2D eigenvalue weighted by Gasteiger charge is 2.09. The molecule has 0 radical (unpaired) electrons. The lowest BCUT2D eigenvalue weighted by Crippen LogP contribution is -1.96. The minimum atomic E-state index is -1.01. The molecule has 1 aromatic carbocycles. The molecule has 0 aliphatic rings. The fraction of sp³-hybridized carbons (Fsp3) is 0. The highest BCUT2D eigenvalue weighted by molar-refractivity contribution is 9.10. The number of carboxylic acid groups (broad SMARTS) is 1. The van der Waals surface area contributed by atoms with E-state index in [4.69, 9.17) is 16.7 Å². The first-order valence-electron chi connectivity index (χ1n) is 4.31. The predicted molar refractivity (Wildman–Crippen MR) is 63.2 cm³/mol. The Morgan fingerprint density at radius 2 is 2.25 bits per heavy atom. The van der Waals surface area contributed by atoms with Crippen LogP contribution in [0.4, 0.5) is 0 Å². The van der Waals surface area contributed by atoms with Gasteiger partial charge in [-0.1, -0.05) is 27.5 Å². The number of nitrogens with zero attached hydrogens (tertiary/aromatic N) is 2. The van der Waals surface area contributed by atoms with Crippen LogP contribution in [0.25, 0.3) is 5.69 Å². The van der Waals surface area contributed by atoms with E-state index in [1.54, 1.807) is 12.1 Å². The van der Waals surface area contributed by atoms with Crippen LogP contribution < -0.4 is 0 Å². The largest absolute Gasteiger partial charge is 0.478 e. The lowest BCUT2D eigenvalue weighted by atomic mass is 10.3. The van der Waals surface area contributed by atoms with Crippen LogP contribution in [0.1, 0.15) is 10.4 Å². The Hall–Kier alpha value is -1.33. The summed E-state index contributed by atoms with van der Waals surface area (Å²) in [6.07, 6.45) is 2.69. The Labute approximate surface area is 105 Å². The molecule has 82 valence electrons. The highest BCUT2D eigenvalue weighted by atomic mass is 79.9. The molecule has 2 aromatic rings. The molecule has 0 amide bonds. The van der Waals surface area contributed by atoms with Crippen LogP contribution >= 0.6 is 27.5 Å². The first-order valence-corrected chi connectivity index (χ1v) is 5.48. The standard InChI is InChI=1S/C10H6BrClN2O2/c11-7-1-2-9(8(12)3-7)14-5-6(4-13-14)10(15)16/h1-5H,(H,15,16). The predicted octanol–water partition coefficient (Wildman–Crippen LogP) is 2.99. The summed E-state index contributed by atoms with van der Waals surface area (Å²) in [4.78, 5) is 10.7. The number of carbonyl (C=O) groups is 1. The molecule has 1 aromatic heterocycles. The molecule has 0 atom stereocenters. The van der Waals surface area contributed by atoms with Crippen LogP contribution in [0.2, 0.25) is 5.02 Å². The Balaban J connectivity index is 2.46. The third kappa shape index (κ3) is 2.10. The SMILES string of the molecule is O=C(O)c1cnn(-c2ccc(Br)cc2Cl)c1. The molecule has 4 nitrogen and oxygen atoms in total. The Morgan fingerprint density at radius 1 is 1.50 bits per heavy atom. The van der Waals surface area contributed by atoms with Gasteiger partial charge in [0.25, 0.3) is 0 Å². The van der Waals surface area contributed by atoms with Gasteiger partial charge in [0.05, 0.1) is 22.5 Å². The van der Waals surface area contributed by atoms with E-state index >= 15 is 0 Å². The molecule has 0 saturated carbocycles. The molecule has 0 unspecified atom stereocenters. The molecule has 6 heteroatoms. The van der Waals surface area contributed by atoms with Gasteiger partial charge in [-0.15, -0.1) is 0 Å². The molecule has 0 fully saturated rings. The van der Waals surface area contributed by atoms with Crippen LogP contribution in [0.3, 0.4) is 0 Å². The Morgan fingerprint density at radius 3 is 2.81 bits per heavy atom. The number of hydrogen-bond donors (Lipinski definition) is 1. The highest BCUT2D eigenvalue weighted by Crippen LogP contribution is 2.24. The topological polar surface area (TPSA) is 55.1 Å². The summed E-state index contributed by atoms with van der Waals surface area (Å²) in [5.74, 6) is -1.01. The first kappa shape index (κ1) is 11.2. The molecule has 1 heterocycles. The maximum absolute atomic E-state index is 10.7. The van der Waals surface area contributed by atoms with Crippen molar-refractivity contribution < 1.29 is 9.90 Å². The minimum absolute atomic E-state index is 0.124. The molecule has 0 saturated heterocycles. The van der Waals surface area contributed by atoms with Crippen molar-refractivity contribution in [1.29, 1.82) is 0 Å². The van der Waals surface area contributed by atoms with Gasteiger partial charge >= 0.3 is 5.97 Å². The zero-order valence-electron chi connectivity index (χ0n) is 7.89. The molecular formula is C10H6BrClN2O2. The molecule has 0 bridgehead atoms. The van der Waals surface area contributed by atoms with Crippen molar-refractivity contribution >= 4 is 33.5 Å². The van der Waals surface area contributed by atoms with Gasteiger partial charge in [0.15, 0.2) is 0 Å². The van der Waals surface area contributed by atoms with E-state index in [-0.39, 0.29) is 5.56 Å². The summed E-state index contributed by atoms with van der Waals surface area (Å²) in [6, 6.07) is 5.29. The lowest BCUT2D eigenvalue weighted by Gasteiger charge is -2.03. The number of halogens is 2. The first-order chi connectivity index (χ1) is 7.58. The summed E-state index contributed by atoms with van der Waals surface area (Å²) in [5.41, 5.74) is 0.761. The summed E-state index contributed by atoms with van der Waals surface area (Å²) < 4.78 is 2.28. The molecule has 0 aliphatic carbocycles. The summed E-state index contributed by atoms with van der Waals surface area (Å²) in [5, 5.41) is 13.2. The Bertz CT molecular complexity index is 554. The zero-order valence-corrected chi connectivity index (χ0v) is 10.2. The number of hydrogen-bond acceptors (Lipinski definition) is 2. The van der Waals surface area contributed by atoms with Gasteiger partial charge in [-0.2, -0.15) is 5.10 Å². The van der Waals surface area contributed by atoms with Crippen molar-refractivity contribution in [3.8, 4) is 5.69 Å². The van der Waals surface area contributed by atoms with Crippen molar-refractivity contribution in [2.45, 2.75) is 0 Å². The van der Waals surface area contributed by atoms with Crippen LogP contribution in [0.5, 0.6) is 0 Å². The van der Waals surface area contributed by atoms with E-state index in [0.717, 1.165) is 4.47 Å². The monoisotopic (exact) mass is 300 g/mol. The summed E-state index contributed by atoms with van der Waals surface area (Å²) >= 11 is 9.30. The smallest absolute Gasteiger partial charge is 0.338 e. The molecule has 1 N–H and O–H groups in total. The van der Waals surface area contributed by atoms with E-state index in [9.17, 15) is 4.79 Å². The van der Waals surface area contributed by atoms with E-state index in [0.29, 0.717) is 10.7 Å². The van der Waals surface area contributed by atoms with E-state index < -0.39 is 5.97 Å². The van der Waals surface area contributed by atoms with Crippen LogP contribution in [-0.2, 0) is 0 Å². The third-order valence-corrected chi connectivity index (χ3v) is 2.78. The van der Waals surface area contributed by atoms with Gasteiger partial charge in [0.2, 0.25) is 0 Å². The van der Waals surface area contributed by atoms with Gasteiger partial charge in [-0.25, -0.2) is 9.48 Å². The van der Waals surface area contributed by atoms with Gasteiger partial charge in [0, 0.05) is 10.7 Å². The maximum atomic E-state index is 10.7. The van der Waals surface area contributed by atoms with Crippen molar-refractivity contribution in [2.24, 2.45) is 0 Å². The third-order valence-electron chi connectivity index (χ3n) is 1.99. The van der Waals surface area contributed by atoms with Crippen molar-refractivity contribution in [1.82, 2.24) is 9.78 Å². The number of aromatic nitrogens is 2. The number of aromatic carboxylic acids is 1.